The van der Waals surface area contributed by atoms with E-state index in [0.29, 0.717) is 18.0 Å². The first-order valence-electron chi connectivity index (χ1n) is 8.52. The monoisotopic (exact) mass is 321 g/mol. The van der Waals surface area contributed by atoms with E-state index in [-0.39, 0.29) is 5.91 Å². The van der Waals surface area contributed by atoms with Crippen molar-refractivity contribution >= 4 is 17.2 Å². The summed E-state index contributed by atoms with van der Waals surface area (Å²) in [5, 5.41) is 3.44. The number of carbonyl (C=O) groups excluding carboxylic acids is 1. The molecule has 122 valence electrons. The van der Waals surface area contributed by atoms with Gasteiger partial charge in [0, 0.05) is 43.4 Å². The van der Waals surface area contributed by atoms with E-state index < -0.39 is 0 Å². The van der Waals surface area contributed by atoms with Crippen LogP contribution in [0.15, 0.2) is 5.38 Å². The molecule has 0 aromatic carbocycles. The van der Waals surface area contributed by atoms with Gasteiger partial charge in [0.15, 0.2) is 0 Å². The highest BCUT2D eigenvalue weighted by Gasteiger charge is 2.38. The Labute approximate surface area is 137 Å². The number of aromatic nitrogens is 1. The summed E-state index contributed by atoms with van der Waals surface area (Å²) in [7, 11) is 0. The summed E-state index contributed by atoms with van der Waals surface area (Å²) in [5.41, 5.74) is 1.20. The van der Waals surface area contributed by atoms with E-state index in [1.807, 2.05) is 0 Å². The predicted octanol–water partition coefficient (Wildman–Crippen LogP) is 3.24. The molecule has 0 N–H and O–H groups in total. The van der Waals surface area contributed by atoms with Crippen LogP contribution < -0.4 is 0 Å². The predicted molar refractivity (Wildman–Crippen MR) is 90.0 cm³/mol. The van der Waals surface area contributed by atoms with Crippen molar-refractivity contribution in [3.8, 4) is 0 Å². The minimum absolute atomic E-state index is 0.241. The molecule has 4 nitrogen and oxygen atoms in total. The summed E-state index contributed by atoms with van der Waals surface area (Å²) in [4.78, 5) is 21.3. The third-order valence-corrected chi connectivity index (χ3v) is 6.18. The maximum atomic E-state index is 11.9. The van der Waals surface area contributed by atoms with Gasteiger partial charge < -0.3 is 4.90 Å². The summed E-state index contributed by atoms with van der Waals surface area (Å²) < 4.78 is 0. The van der Waals surface area contributed by atoms with Crippen LogP contribution in [-0.4, -0.2) is 45.9 Å². The van der Waals surface area contributed by atoms with Gasteiger partial charge in [-0.3, -0.25) is 9.69 Å². The fraction of sp³-hybridized carbons (Fsp3) is 0.765. The highest BCUT2D eigenvalue weighted by atomic mass is 32.1. The second-order valence-corrected chi connectivity index (χ2v) is 7.82. The smallest absolute Gasteiger partial charge is 0.219 e. The topological polar surface area (TPSA) is 36.4 Å². The Morgan fingerprint density at radius 2 is 2.05 bits per heavy atom. The van der Waals surface area contributed by atoms with Gasteiger partial charge in [-0.05, 0) is 32.2 Å². The van der Waals surface area contributed by atoms with E-state index in [0.717, 1.165) is 32.5 Å². The van der Waals surface area contributed by atoms with Gasteiger partial charge in [0.2, 0.25) is 5.91 Å². The number of amides is 1. The van der Waals surface area contributed by atoms with Crippen LogP contribution in [0.1, 0.15) is 63.1 Å². The zero-order valence-corrected chi connectivity index (χ0v) is 14.7. The van der Waals surface area contributed by atoms with Gasteiger partial charge in [-0.2, -0.15) is 0 Å². The van der Waals surface area contributed by atoms with E-state index in [1.165, 1.54) is 23.5 Å². The van der Waals surface area contributed by atoms with Crippen molar-refractivity contribution in [2.45, 2.75) is 71.0 Å². The summed E-state index contributed by atoms with van der Waals surface area (Å²) in [6.45, 7) is 9.14. The summed E-state index contributed by atoms with van der Waals surface area (Å²) >= 11 is 1.78. The fourth-order valence-electron chi connectivity index (χ4n) is 3.94. The molecule has 2 aliphatic heterocycles. The van der Waals surface area contributed by atoms with Crippen LogP contribution >= 0.6 is 11.3 Å². The van der Waals surface area contributed by atoms with Gasteiger partial charge in [-0.1, -0.05) is 13.8 Å². The molecule has 22 heavy (non-hydrogen) atoms. The number of hydrogen-bond acceptors (Lipinski definition) is 4. The summed E-state index contributed by atoms with van der Waals surface area (Å²) in [5.74, 6) is 0.751. The zero-order chi connectivity index (χ0) is 15.7. The molecule has 0 radical (unpaired) electrons. The van der Waals surface area contributed by atoms with E-state index in [2.05, 4.69) is 29.0 Å². The second-order valence-electron chi connectivity index (χ2n) is 6.93. The first-order chi connectivity index (χ1) is 10.6. The maximum absolute atomic E-state index is 11.9. The van der Waals surface area contributed by atoms with E-state index in [4.69, 9.17) is 4.98 Å². The zero-order valence-electron chi connectivity index (χ0n) is 13.9. The van der Waals surface area contributed by atoms with E-state index >= 15 is 0 Å². The van der Waals surface area contributed by atoms with Crippen molar-refractivity contribution in [1.82, 2.24) is 14.8 Å². The Bertz CT molecular complexity index is 528. The third-order valence-electron chi connectivity index (χ3n) is 4.99. The lowest BCUT2D eigenvalue weighted by Gasteiger charge is -2.34. The number of likely N-dealkylation sites (tertiary alicyclic amines) is 2. The minimum Gasteiger partial charge on any atom is -0.338 e. The van der Waals surface area contributed by atoms with Crippen molar-refractivity contribution in [3.63, 3.8) is 0 Å². The summed E-state index contributed by atoms with van der Waals surface area (Å²) in [6, 6.07) is 0.943. The number of nitrogens with zero attached hydrogens (tertiary/aromatic N) is 3. The normalized spacial score (nSPS) is 26.3. The van der Waals surface area contributed by atoms with Crippen LogP contribution in [0.3, 0.4) is 0 Å². The third kappa shape index (κ3) is 3.20. The van der Waals surface area contributed by atoms with Crippen molar-refractivity contribution < 1.29 is 4.79 Å². The summed E-state index contributed by atoms with van der Waals surface area (Å²) in [6.07, 6.45) is 4.78. The molecule has 0 bridgehead atoms. The van der Waals surface area contributed by atoms with Gasteiger partial charge in [-0.25, -0.2) is 4.98 Å². The number of carbonyl (C=O) groups is 1. The lowest BCUT2D eigenvalue weighted by molar-refractivity contribution is -0.130. The van der Waals surface area contributed by atoms with Crippen LogP contribution in [0.2, 0.25) is 0 Å². The molecule has 1 aromatic heterocycles. The Morgan fingerprint density at radius 1 is 1.32 bits per heavy atom. The second kappa shape index (κ2) is 6.67. The van der Waals surface area contributed by atoms with Gasteiger partial charge in [0.25, 0.3) is 0 Å². The van der Waals surface area contributed by atoms with Gasteiger partial charge in [0.05, 0.1) is 10.7 Å². The van der Waals surface area contributed by atoms with Crippen LogP contribution in [-0.2, 0) is 11.3 Å². The quantitative estimate of drug-likeness (QED) is 0.854. The molecule has 2 unspecified atom stereocenters. The highest BCUT2D eigenvalue weighted by molar-refractivity contribution is 7.09. The Balaban J connectivity index is 1.68. The lowest BCUT2D eigenvalue weighted by Crippen LogP contribution is -2.47. The molecule has 1 amide bonds. The average Bonchev–Trinajstić information content (AvgIpc) is 3.17. The number of thiazole rings is 1. The van der Waals surface area contributed by atoms with Crippen LogP contribution in [0.25, 0.3) is 0 Å². The molecule has 0 spiro atoms. The molecule has 5 heteroatoms. The molecular formula is C17H27N3OS. The first kappa shape index (κ1) is 15.9. The standard InChI is InChI=1S/C17H27N3OS/c1-12(2)17-18-14(11-22-17)10-19-8-4-6-15(19)16-7-5-9-20(16)13(3)21/h11-12,15-16H,4-10H2,1-3H3. The van der Waals surface area contributed by atoms with Crippen molar-refractivity contribution in [1.29, 1.82) is 0 Å². The molecule has 2 atom stereocenters. The Hall–Kier alpha value is -0.940. The maximum Gasteiger partial charge on any atom is 0.219 e. The first-order valence-corrected chi connectivity index (χ1v) is 9.39. The van der Waals surface area contributed by atoms with Crippen molar-refractivity contribution in [3.05, 3.63) is 16.1 Å². The van der Waals surface area contributed by atoms with Crippen LogP contribution in [0, 0.1) is 0 Å². The Kier molecular flexibility index (Phi) is 4.83. The molecule has 2 fully saturated rings. The van der Waals surface area contributed by atoms with Gasteiger partial charge >= 0.3 is 0 Å². The number of hydrogen-bond donors (Lipinski definition) is 0. The lowest BCUT2D eigenvalue weighted by atomic mass is 10.0. The van der Waals surface area contributed by atoms with Crippen LogP contribution in [0.5, 0.6) is 0 Å². The highest BCUT2D eigenvalue weighted by Crippen LogP contribution is 2.31. The minimum atomic E-state index is 0.241. The molecule has 1 aromatic rings. The molecule has 2 saturated heterocycles. The van der Waals surface area contributed by atoms with Gasteiger partial charge in [0.1, 0.15) is 0 Å². The molecule has 0 saturated carbocycles. The Morgan fingerprint density at radius 3 is 2.73 bits per heavy atom. The molecule has 3 heterocycles. The average molecular weight is 321 g/mol. The SMILES string of the molecule is CC(=O)N1CCCC1C1CCCN1Cc1csc(C(C)C)n1. The molecule has 3 rings (SSSR count). The van der Waals surface area contributed by atoms with Crippen molar-refractivity contribution in [2.24, 2.45) is 0 Å². The van der Waals surface area contributed by atoms with E-state index in [9.17, 15) is 4.79 Å². The largest absolute Gasteiger partial charge is 0.338 e. The molecule has 2 aliphatic rings. The molecule has 0 aliphatic carbocycles. The number of rotatable bonds is 4. The fourth-order valence-corrected chi connectivity index (χ4v) is 4.76. The molecular weight excluding hydrogens is 294 g/mol. The van der Waals surface area contributed by atoms with Crippen molar-refractivity contribution in [2.75, 3.05) is 13.1 Å². The van der Waals surface area contributed by atoms with Gasteiger partial charge in [-0.15, -0.1) is 11.3 Å². The van der Waals surface area contributed by atoms with E-state index in [1.54, 1.807) is 18.3 Å². The van der Waals surface area contributed by atoms with Crippen LogP contribution in [0.4, 0.5) is 0 Å².